The number of aliphatic hydroxyl groups excluding tert-OH is 2. The Morgan fingerprint density at radius 2 is 1.89 bits per heavy atom. The minimum absolute atomic E-state index is 0.0915. The Morgan fingerprint density at radius 1 is 1.14 bits per heavy atom. The molecule has 2 amide bonds. The van der Waals surface area contributed by atoms with Crippen LogP contribution in [-0.4, -0.2) is 63.8 Å². The molecule has 0 aliphatic carbocycles. The molecule has 9 heteroatoms. The Balaban J connectivity index is 1.39. The first-order valence-corrected chi connectivity index (χ1v) is 12.7. The maximum absolute atomic E-state index is 13.0. The van der Waals surface area contributed by atoms with Crippen LogP contribution in [0.5, 0.6) is 0 Å². The van der Waals surface area contributed by atoms with Crippen molar-refractivity contribution < 1.29 is 19.8 Å². The van der Waals surface area contributed by atoms with Gasteiger partial charge in [-0.05, 0) is 54.6 Å². The summed E-state index contributed by atoms with van der Waals surface area (Å²) < 4.78 is 0.899. The summed E-state index contributed by atoms with van der Waals surface area (Å²) >= 11 is 3.38. The molecule has 2 unspecified atom stereocenters. The number of halogens is 1. The lowest BCUT2D eigenvalue weighted by molar-refractivity contribution is -0.154. The predicted octanol–water partition coefficient (Wildman–Crippen LogP) is 2.78. The normalized spacial score (nSPS) is 18.7. The first-order valence-electron chi connectivity index (χ1n) is 11.9. The first kappa shape index (κ1) is 25.4. The van der Waals surface area contributed by atoms with Gasteiger partial charge < -0.3 is 25.4 Å². The van der Waals surface area contributed by atoms with Crippen LogP contribution in [0.25, 0.3) is 10.9 Å². The van der Waals surface area contributed by atoms with Crippen LogP contribution >= 0.6 is 15.9 Å². The summed E-state index contributed by atoms with van der Waals surface area (Å²) in [6.45, 7) is 3.35. The zero-order valence-electron chi connectivity index (χ0n) is 19.6. The zero-order valence-corrected chi connectivity index (χ0v) is 21.2. The van der Waals surface area contributed by atoms with E-state index in [0.717, 1.165) is 39.5 Å². The highest BCUT2D eigenvalue weighted by Gasteiger charge is 2.36. The number of nitrogens with one attached hydrogen (secondary N) is 3. The summed E-state index contributed by atoms with van der Waals surface area (Å²) in [7, 11) is 0. The van der Waals surface area contributed by atoms with E-state index in [4.69, 9.17) is 0 Å². The molecule has 5 N–H and O–H groups in total. The second-order valence-corrected chi connectivity index (χ2v) is 9.79. The summed E-state index contributed by atoms with van der Waals surface area (Å²) in [4.78, 5) is 30.7. The van der Waals surface area contributed by atoms with Crippen LogP contribution in [0.1, 0.15) is 43.1 Å². The lowest BCUT2D eigenvalue weighted by atomic mass is 9.94. The Morgan fingerprint density at radius 3 is 2.60 bits per heavy atom. The third-order valence-electron chi connectivity index (χ3n) is 6.44. The molecule has 2 aromatic carbocycles. The Hall–Kier alpha value is -2.72. The number of hydrogen-bond donors (Lipinski definition) is 5. The molecule has 0 bridgehead atoms. The minimum Gasteiger partial charge on any atom is -0.380 e. The van der Waals surface area contributed by atoms with Gasteiger partial charge in [0.15, 0.2) is 12.2 Å². The molecule has 1 aliphatic rings. The van der Waals surface area contributed by atoms with Crippen LogP contribution in [-0.2, 0) is 9.59 Å². The number of aromatic nitrogens is 1. The van der Waals surface area contributed by atoms with Gasteiger partial charge in [0.1, 0.15) is 6.17 Å². The van der Waals surface area contributed by atoms with Gasteiger partial charge in [-0.3, -0.25) is 14.9 Å². The van der Waals surface area contributed by atoms with E-state index in [9.17, 15) is 19.8 Å². The van der Waals surface area contributed by atoms with Gasteiger partial charge in [-0.25, -0.2) is 0 Å². The van der Waals surface area contributed by atoms with E-state index in [2.05, 4.69) is 37.6 Å². The third kappa shape index (κ3) is 5.92. The summed E-state index contributed by atoms with van der Waals surface area (Å²) in [6.07, 6.45) is -2.62. The smallest absolute Gasteiger partial charge is 0.254 e. The van der Waals surface area contributed by atoms with Gasteiger partial charge >= 0.3 is 0 Å². The quantitative estimate of drug-likeness (QED) is 0.280. The molecule has 1 fully saturated rings. The van der Waals surface area contributed by atoms with Crippen LogP contribution < -0.4 is 10.6 Å². The maximum atomic E-state index is 13.0. The summed E-state index contributed by atoms with van der Waals surface area (Å²) in [5, 5.41) is 28.0. The van der Waals surface area contributed by atoms with Crippen LogP contribution in [0, 0.1) is 0 Å². The van der Waals surface area contributed by atoms with Crippen LogP contribution in [0.4, 0.5) is 0 Å². The number of fused-ring (bicyclic) bond motifs is 1. The third-order valence-corrected chi connectivity index (χ3v) is 6.97. The van der Waals surface area contributed by atoms with Gasteiger partial charge in [0.25, 0.3) is 11.8 Å². The van der Waals surface area contributed by atoms with Gasteiger partial charge in [-0.2, -0.15) is 0 Å². The number of nitrogens with zero attached hydrogens (tertiary/aromatic N) is 1. The molecule has 35 heavy (non-hydrogen) atoms. The molecule has 8 nitrogen and oxygen atoms in total. The number of H-pyrrole nitrogens is 1. The highest BCUT2D eigenvalue weighted by molar-refractivity contribution is 9.10. The number of amides is 2. The minimum atomic E-state index is -1.88. The Kier molecular flexibility index (Phi) is 8.22. The summed E-state index contributed by atoms with van der Waals surface area (Å²) in [5.74, 6) is -1.37. The molecule has 186 valence electrons. The fourth-order valence-electron chi connectivity index (χ4n) is 4.55. The molecule has 0 radical (unpaired) electrons. The molecule has 1 aliphatic heterocycles. The Bertz CT molecular complexity index is 1130. The van der Waals surface area contributed by atoms with Crippen molar-refractivity contribution in [2.75, 3.05) is 19.6 Å². The second kappa shape index (κ2) is 11.3. The molecule has 2 heterocycles. The highest BCUT2D eigenvalue weighted by Crippen LogP contribution is 2.29. The number of piperidine rings is 1. The highest BCUT2D eigenvalue weighted by atomic mass is 79.9. The number of hydrogen-bond acceptors (Lipinski definition) is 5. The van der Waals surface area contributed by atoms with E-state index in [1.807, 2.05) is 55.5 Å². The largest absolute Gasteiger partial charge is 0.380 e. The molecule has 4 atom stereocenters. The predicted molar refractivity (Wildman–Crippen MR) is 138 cm³/mol. The average Bonchev–Trinajstić information content (AvgIpc) is 3.32. The number of rotatable bonds is 8. The standard InChI is InChI=1S/C26H31BrN4O4/c1-2-28-24(16-9-11-19(27)12-10-16)30-25(34)22(32)23(33)26(35)31-13-5-7-18(15-31)21-14-17-6-3-4-8-20(17)29-21/h3-4,6,8-12,14,18,22-24,28-29,32-33H,2,5,7,13,15H2,1H3,(H,30,34)/t18?,22-,23-,24?/m1/s1. The molecular weight excluding hydrogens is 512 g/mol. The monoisotopic (exact) mass is 542 g/mol. The van der Waals surface area contributed by atoms with Gasteiger partial charge in [0, 0.05) is 34.7 Å². The number of aliphatic hydroxyl groups is 2. The van der Waals surface area contributed by atoms with Crippen LogP contribution in [0.2, 0.25) is 0 Å². The lowest BCUT2D eigenvalue weighted by Gasteiger charge is -2.34. The zero-order chi connectivity index (χ0) is 24.9. The first-order chi connectivity index (χ1) is 16.9. The average molecular weight is 543 g/mol. The van der Waals surface area contributed by atoms with E-state index in [1.165, 1.54) is 4.90 Å². The van der Waals surface area contributed by atoms with Gasteiger partial charge in [0.2, 0.25) is 0 Å². The molecule has 1 aromatic heterocycles. The van der Waals surface area contributed by atoms with Crippen molar-refractivity contribution in [2.45, 2.75) is 44.1 Å². The van der Waals surface area contributed by atoms with Crippen molar-refractivity contribution in [2.24, 2.45) is 0 Å². The van der Waals surface area contributed by atoms with E-state index >= 15 is 0 Å². The topological polar surface area (TPSA) is 118 Å². The number of carbonyl (C=O) groups excluding carboxylic acids is 2. The van der Waals surface area contributed by atoms with E-state index in [0.29, 0.717) is 19.6 Å². The fourth-order valence-corrected chi connectivity index (χ4v) is 4.82. The number of likely N-dealkylation sites (tertiary alicyclic amines) is 1. The second-order valence-electron chi connectivity index (χ2n) is 8.88. The van der Waals surface area contributed by atoms with Crippen molar-refractivity contribution in [3.8, 4) is 0 Å². The summed E-state index contributed by atoms with van der Waals surface area (Å²) in [6, 6.07) is 17.5. The summed E-state index contributed by atoms with van der Waals surface area (Å²) in [5.41, 5.74) is 2.87. The van der Waals surface area contributed by atoms with Crippen molar-refractivity contribution >= 4 is 38.6 Å². The molecule has 0 spiro atoms. The van der Waals surface area contributed by atoms with Gasteiger partial charge in [-0.15, -0.1) is 0 Å². The molecule has 4 rings (SSSR count). The van der Waals surface area contributed by atoms with Crippen LogP contribution in [0.15, 0.2) is 59.1 Å². The van der Waals surface area contributed by atoms with Crippen molar-refractivity contribution in [1.82, 2.24) is 20.5 Å². The van der Waals surface area contributed by atoms with Gasteiger partial charge in [0.05, 0.1) is 0 Å². The van der Waals surface area contributed by atoms with Crippen molar-refractivity contribution in [3.63, 3.8) is 0 Å². The SMILES string of the molecule is CCNC(NC(=O)[C@H](O)[C@@H](O)C(=O)N1CCCC(c2cc3ccccc3[nH]2)C1)c1ccc(Br)cc1. The fraction of sp³-hybridized carbons (Fsp3) is 0.385. The lowest BCUT2D eigenvalue weighted by Crippen LogP contribution is -2.53. The molecule has 0 saturated carbocycles. The Labute approximate surface area is 212 Å². The van der Waals surface area contributed by atoms with Crippen LogP contribution in [0.3, 0.4) is 0 Å². The van der Waals surface area contributed by atoms with Crippen molar-refractivity contribution in [3.05, 3.63) is 70.3 Å². The number of carbonyl (C=O) groups is 2. The van der Waals surface area contributed by atoms with E-state index in [1.54, 1.807) is 0 Å². The molecule has 3 aromatic rings. The van der Waals surface area contributed by atoms with Gasteiger partial charge in [-0.1, -0.05) is 53.2 Å². The number of aromatic amines is 1. The maximum Gasteiger partial charge on any atom is 0.254 e. The van der Waals surface area contributed by atoms with Crippen molar-refractivity contribution in [1.29, 1.82) is 0 Å². The van der Waals surface area contributed by atoms with E-state index < -0.39 is 30.2 Å². The molecule has 1 saturated heterocycles. The number of benzene rings is 2. The van der Waals surface area contributed by atoms with E-state index in [-0.39, 0.29) is 5.92 Å². The number of para-hydroxylation sites is 1. The molecular formula is C26H31BrN4O4.